The van der Waals surface area contributed by atoms with E-state index in [0.717, 1.165) is 12.8 Å². The van der Waals surface area contributed by atoms with Crippen LogP contribution in [0.1, 0.15) is 35.8 Å². The summed E-state index contributed by atoms with van der Waals surface area (Å²) < 4.78 is 5.53. The summed E-state index contributed by atoms with van der Waals surface area (Å²) in [6, 6.07) is 10.0. The average Bonchev–Trinajstić information content (AvgIpc) is 3.08. The lowest BCUT2D eigenvalue weighted by molar-refractivity contribution is -0.132. The van der Waals surface area contributed by atoms with Crippen LogP contribution in [0.3, 0.4) is 0 Å². The maximum absolute atomic E-state index is 12.2. The van der Waals surface area contributed by atoms with E-state index in [-0.39, 0.29) is 5.70 Å². The van der Waals surface area contributed by atoms with Gasteiger partial charge in [0.15, 0.2) is 0 Å². The highest BCUT2D eigenvalue weighted by molar-refractivity contribution is 6.02. The SMILES string of the molecule is CCCCOc1ccc(C(=O)N/C(=C/c2ccc[nH]2)C(=O)O)cc1. The summed E-state index contributed by atoms with van der Waals surface area (Å²) in [6.45, 7) is 2.71. The van der Waals surface area contributed by atoms with E-state index in [9.17, 15) is 14.7 Å². The van der Waals surface area contributed by atoms with Gasteiger partial charge >= 0.3 is 5.97 Å². The predicted octanol–water partition coefficient (Wildman–Crippen LogP) is 3.05. The zero-order valence-corrected chi connectivity index (χ0v) is 13.4. The van der Waals surface area contributed by atoms with Crippen LogP contribution in [0.2, 0.25) is 0 Å². The number of carbonyl (C=O) groups excluding carboxylic acids is 1. The second kappa shape index (κ2) is 8.57. The molecule has 0 saturated heterocycles. The van der Waals surface area contributed by atoms with Gasteiger partial charge in [0.2, 0.25) is 0 Å². The fourth-order valence-electron chi connectivity index (χ4n) is 1.97. The Labute approximate surface area is 140 Å². The van der Waals surface area contributed by atoms with Crippen molar-refractivity contribution in [1.82, 2.24) is 10.3 Å². The number of nitrogens with one attached hydrogen (secondary N) is 2. The van der Waals surface area contributed by atoms with Gasteiger partial charge in [-0.2, -0.15) is 0 Å². The molecule has 0 bridgehead atoms. The quantitative estimate of drug-likeness (QED) is 0.513. The van der Waals surface area contributed by atoms with Gasteiger partial charge in [0.25, 0.3) is 5.91 Å². The highest BCUT2D eigenvalue weighted by Gasteiger charge is 2.13. The zero-order valence-electron chi connectivity index (χ0n) is 13.4. The summed E-state index contributed by atoms with van der Waals surface area (Å²) in [5.41, 5.74) is 0.745. The summed E-state index contributed by atoms with van der Waals surface area (Å²) in [7, 11) is 0. The Morgan fingerprint density at radius 3 is 2.58 bits per heavy atom. The Hall–Kier alpha value is -3.02. The zero-order chi connectivity index (χ0) is 17.4. The number of aliphatic carboxylic acids is 1. The lowest BCUT2D eigenvalue weighted by Gasteiger charge is -2.08. The molecule has 24 heavy (non-hydrogen) atoms. The minimum absolute atomic E-state index is 0.203. The lowest BCUT2D eigenvalue weighted by Crippen LogP contribution is -2.27. The predicted molar refractivity (Wildman–Crippen MR) is 90.7 cm³/mol. The highest BCUT2D eigenvalue weighted by Crippen LogP contribution is 2.13. The first-order valence-corrected chi connectivity index (χ1v) is 7.72. The number of carboxylic acids is 1. The standard InChI is InChI=1S/C18H20N2O4/c1-2-3-11-24-15-8-6-13(7-9-15)17(21)20-16(18(22)23)12-14-5-4-10-19-14/h4-10,12,19H,2-3,11H2,1H3,(H,20,21)(H,22,23)/b16-12+. The molecule has 0 fully saturated rings. The van der Waals surface area contributed by atoms with Crippen molar-refractivity contribution in [3.05, 3.63) is 59.5 Å². The third-order valence-electron chi connectivity index (χ3n) is 3.28. The molecule has 0 atom stereocenters. The largest absolute Gasteiger partial charge is 0.494 e. The topological polar surface area (TPSA) is 91.4 Å². The van der Waals surface area contributed by atoms with Crippen LogP contribution in [-0.2, 0) is 4.79 Å². The Morgan fingerprint density at radius 2 is 2.00 bits per heavy atom. The van der Waals surface area contributed by atoms with Gasteiger partial charge in [0, 0.05) is 17.5 Å². The molecular weight excluding hydrogens is 308 g/mol. The summed E-state index contributed by atoms with van der Waals surface area (Å²) in [5, 5.41) is 11.6. The molecule has 6 nitrogen and oxygen atoms in total. The van der Waals surface area contributed by atoms with Crippen LogP contribution in [0, 0.1) is 0 Å². The number of H-pyrrole nitrogens is 1. The van der Waals surface area contributed by atoms with Crippen LogP contribution in [0.5, 0.6) is 5.75 Å². The van der Waals surface area contributed by atoms with E-state index in [0.29, 0.717) is 23.6 Å². The number of unbranched alkanes of at least 4 members (excludes halogenated alkanes) is 1. The minimum atomic E-state index is -1.21. The number of benzene rings is 1. The molecule has 1 aromatic heterocycles. The number of ether oxygens (including phenoxy) is 1. The number of rotatable bonds is 8. The van der Waals surface area contributed by atoms with E-state index >= 15 is 0 Å². The summed E-state index contributed by atoms with van der Waals surface area (Å²) in [5.74, 6) is -1.02. The van der Waals surface area contributed by atoms with Gasteiger partial charge in [0.05, 0.1) is 6.61 Å². The van der Waals surface area contributed by atoms with Crippen molar-refractivity contribution in [3.8, 4) is 5.75 Å². The summed E-state index contributed by atoms with van der Waals surface area (Å²) in [4.78, 5) is 26.3. The second-order valence-electron chi connectivity index (χ2n) is 5.17. The van der Waals surface area contributed by atoms with Crippen LogP contribution >= 0.6 is 0 Å². The molecule has 3 N–H and O–H groups in total. The van der Waals surface area contributed by atoms with Gasteiger partial charge < -0.3 is 20.1 Å². The van der Waals surface area contributed by atoms with Crippen molar-refractivity contribution in [2.45, 2.75) is 19.8 Å². The minimum Gasteiger partial charge on any atom is -0.494 e. The molecule has 0 saturated carbocycles. The fourth-order valence-corrected chi connectivity index (χ4v) is 1.97. The maximum Gasteiger partial charge on any atom is 0.352 e. The molecule has 0 radical (unpaired) electrons. The second-order valence-corrected chi connectivity index (χ2v) is 5.17. The van der Waals surface area contributed by atoms with Crippen LogP contribution in [0.4, 0.5) is 0 Å². The molecule has 0 aliphatic carbocycles. The molecule has 2 rings (SSSR count). The van der Waals surface area contributed by atoms with Crippen molar-refractivity contribution >= 4 is 18.0 Å². The van der Waals surface area contributed by atoms with Gasteiger partial charge in [-0.1, -0.05) is 13.3 Å². The third-order valence-corrected chi connectivity index (χ3v) is 3.28. The van der Waals surface area contributed by atoms with E-state index in [4.69, 9.17) is 4.74 Å². The molecule has 6 heteroatoms. The van der Waals surface area contributed by atoms with Crippen LogP contribution in [0.15, 0.2) is 48.3 Å². The molecule has 126 valence electrons. The van der Waals surface area contributed by atoms with Gasteiger partial charge in [-0.3, -0.25) is 4.79 Å². The molecule has 0 spiro atoms. The molecule has 1 amide bonds. The Morgan fingerprint density at radius 1 is 1.25 bits per heavy atom. The van der Waals surface area contributed by atoms with Gasteiger partial charge in [-0.05, 0) is 48.9 Å². The van der Waals surface area contributed by atoms with Crippen LogP contribution < -0.4 is 10.1 Å². The smallest absolute Gasteiger partial charge is 0.352 e. The van der Waals surface area contributed by atoms with Gasteiger partial charge in [0.1, 0.15) is 11.4 Å². The highest BCUT2D eigenvalue weighted by atomic mass is 16.5. The molecular formula is C18H20N2O4. The third kappa shape index (κ3) is 5.01. The average molecular weight is 328 g/mol. The van der Waals surface area contributed by atoms with E-state index in [2.05, 4.69) is 17.2 Å². The molecule has 0 unspecified atom stereocenters. The summed E-state index contributed by atoms with van der Waals surface area (Å²) >= 11 is 0. The molecule has 1 aromatic carbocycles. The number of amides is 1. The molecule has 0 aliphatic rings. The van der Waals surface area contributed by atoms with Gasteiger partial charge in [-0.15, -0.1) is 0 Å². The normalized spacial score (nSPS) is 11.1. The number of carbonyl (C=O) groups is 2. The number of aromatic amines is 1. The van der Waals surface area contributed by atoms with Gasteiger partial charge in [-0.25, -0.2) is 4.79 Å². The van der Waals surface area contributed by atoms with E-state index in [1.165, 1.54) is 6.08 Å². The number of hydrogen-bond donors (Lipinski definition) is 3. The first-order valence-electron chi connectivity index (χ1n) is 7.72. The molecule has 2 aromatic rings. The number of hydrogen-bond acceptors (Lipinski definition) is 3. The number of carboxylic acid groups (broad SMARTS) is 1. The van der Waals surface area contributed by atoms with Crippen molar-refractivity contribution in [2.24, 2.45) is 0 Å². The fraction of sp³-hybridized carbons (Fsp3) is 0.222. The monoisotopic (exact) mass is 328 g/mol. The van der Waals surface area contributed by atoms with Crippen molar-refractivity contribution in [1.29, 1.82) is 0 Å². The number of aromatic nitrogens is 1. The maximum atomic E-state index is 12.2. The Kier molecular flexibility index (Phi) is 6.19. The summed E-state index contributed by atoms with van der Waals surface area (Å²) in [6.07, 6.45) is 5.05. The Bertz CT molecular complexity index is 703. The molecule has 1 heterocycles. The first kappa shape index (κ1) is 17.3. The van der Waals surface area contributed by atoms with Crippen molar-refractivity contribution in [2.75, 3.05) is 6.61 Å². The Balaban J connectivity index is 2.03. The van der Waals surface area contributed by atoms with Crippen LogP contribution in [0.25, 0.3) is 6.08 Å². The van der Waals surface area contributed by atoms with E-state index in [1.807, 2.05) is 0 Å². The lowest BCUT2D eigenvalue weighted by atomic mass is 10.2. The van der Waals surface area contributed by atoms with Crippen LogP contribution in [-0.4, -0.2) is 28.6 Å². The van der Waals surface area contributed by atoms with E-state index < -0.39 is 11.9 Å². The van der Waals surface area contributed by atoms with Crippen molar-refractivity contribution < 1.29 is 19.4 Å². The van der Waals surface area contributed by atoms with Crippen molar-refractivity contribution in [3.63, 3.8) is 0 Å². The van der Waals surface area contributed by atoms with E-state index in [1.54, 1.807) is 42.6 Å². The first-order chi connectivity index (χ1) is 11.6. The molecule has 0 aliphatic heterocycles.